The number of esters is 3. The zero-order valence-electron chi connectivity index (χ0n) is 35.9. The molecule has 6 aliphatic heterocycles. The van der Waals surface area contributed by atoms with Crippen molar-refractivity contribution in [2.24, 2.45) is 28.1 Å². The third kappa shape index (κ3) is 5.52. The number of carbonyl (C=O) groups is 3. The van der Waals surface area contributed by atoms with Gasteiger partial charge in [0.2, 0.25) is 5.60 Å². The summed E-state index contributed by atoms with van der Waals surface area (Å²) in [5.74, 6) is -2.50. The number of piperidine rings is 1. The number of likely N-dealkylation sites (N-methyl/N-ethyl adjacent to an activating group) is 1. The lowest BCUT2D eigenvalue weighted by Gasteiger charge is -2.63. The SMILES string of the molecule is CC[C@]1(O)C[C@H]2CN(CCC3=C([B]c4ccc(S)cc43)[C@@](C(=O)OC)(C3C=C4C(=CC3OC)N(C)[C@H]3[C@@](O)(C(=O)OC)[C@H](OC(C)=O)[C@]5(CC)C=CCN6CC[C@]43[C@@H]65)C2)C1. The first kappa shape index (κ1) is 41.9. The predicted octanol–water partition coefficient (Wildman–Crippen LogP) is 3.09. The summed E-state index contributed by atoms with van der Waals surface area (Å²) in [6.45, 7) is 8.71. The van der Waals surface area contributed by atoms with Crippen LogP contribution in [-0.2, 0) is 33.3 Å². The average molecular weight is 841 g/mol. The molecule has 12 atom stereocenters. The van der Waals surface area contributed by atoms with Gasteiger partial charge in [-0.25, -0.2) is 4.79 Å². The third-order valence-electron chi connectivity index (χ3n) is 16.2. The van der Waals surface area contributed by atoms with Gasteiger partial charge in [0.1, 0.15) is 0 Å². The normalized spacial score (nSPS) is 41.2. The van der Waals surface area contributed by atoms with Gasteiger partial charge in [-0.05, 0) is 85.9 Å². The van der Waals surface area contributed by atoms with E-state index in [9.17, 15) is 19.8 Å². The molecule has 1 saturated carbocycles. The van der Waals surface area contributed by atoms with Gasteiger partial charge in [0.05, 0.1) is 37.4 Å². The molecule has 1 aromatic carbocycles. The molecule has 2 N–H and O–H groups in total. The second-order valence-electron chi connectivity index (χ2n) is 18.8. The van der Waals surface area contributed by atoms with Crippen molar-refractivity contribution in [1.29, 1.82) is 0 Å². The second kappa shape index (κ2) is 14.6. The number of rotatable bonds is 7. The van der Waals surface area contributed by atoms with E-state index in [0.29, 0.717) is 58.2 Å². The van der Waals surface area contributed by atoms with Gasteiger partial charge in [-0.15, -0.1) is 12.6 Å². The molecule has 2 aliphatic carbocycles. The Kier molecular flexibility index (Phi) is 10.2. The number of hydrogen-bond acceptors (Lipinski definition) is 13. The first-order chi connectivity index (χ1) is 28.6. The number of hydrogen-bond donors (Lipinski definition) is 3. The van der Waals surface area contributed by atoms with Crippen LogP contribution in [0.5, 0.6) is 0 Å². The van der Waals surface area contributed by atoms with E-state index in [1.54, 1.807) is 7.11 Å². The summed E-state index contributed by atoms with van der Waals surface area (Å²) in [5.41, 5.74) is -0.561. The lowest BCUT2D eigenvalue weighted by Crippen LogP contribution is -2.79. The van der Waals surface area contributed by atoms with Crippen molar-refractivity contribution in [2.75, 3.05) is 61.1 Å². The maximum Gasteiger partial charge on any atom is 0.344 e. The molecule has 12 nitrogen and oxygen atoms in total. The first-order valence-electron chi connectivity index (χ1n) is 21.7. The van der Waals surface area contributed by atoms with E-state index >= 15 is 4.79 Å². The second-order valence-corrected chi connectivity index (χ2v) is 19.4. The van der Waals surface area contributed by atoms with Gasteiger partial charge >= 0.3 is 17.9 Å². The number of nitrogens with zero attached hydrogens (tertiary/aromatic N) is 3. The highest BCUT2D eigenvalue weighted by Gasteiger charge is 2.81. The summed E-state index contributed by atoms with van der Waals surface area (Å²) in [5, 5.41) is 25.4. The van der Waals surface area contributed by atoms with E-state index in [1.807, 2.05) is 31.9 Å². The van der Waals surface area contributed by atoms with Gasteiger partial charge in [0.25, 0.3) is 0 Å². The van der Waals surface area contributed by atoms with E-state index in [2.05, 4.69) is 53.5 Å². The molecule has 3 saturated heterocycles. The van der Waals surface area contributed by atoms with E-state index < -0.39 is 63.6 Å². The molecule has 0 amide bonds. The number of fused-ring (bicyclic) bond motifs is 5. The Bertz CT molecular complexity index is 2140. The van der Waals surface area contributed by atoms with Crippen molar-refractivity contribution in [3.05, 3.63) is 64.8 Å². The minimum Gasteiger partial charge on any atom is -0.468 e. The average Bonchev–Trinajstić information content (AvgIpc) is 3.89. The number of carbonyl (C=O) groups excluding carboxylic acids is 3. The van der Waals surface area contributed by atoms with Crippen LogP contribution < -0.4 is 5.46 Å². The molecule has 14 heteroatoms. The van der Waals surface area contributed by atoms with Crippen molar-refractivity contribution >= 4 is 48.9 Å². The molecule has 0 aromatic heterocycles. The van der Waals surface area contributed by atoms with Crippen molar-refractivity contribution < 1.29 is 43.5 Å². The van der Waals surface area contributed by atoms with Crippen LogP contribution in [0.2, 0.25) is 0 Å². The molecule has 4 fully saturated rings. The summed E-state index contributed by atoms with van der Waals surface area (Å²) in [4.78, 5) is 50.5. The molecule has 1 aromatic rings. The van der Waals surface area contributed by atoms with Crippen LogP contribution in [0.3, 0.4) is 0 Å². The van der Waals surface area contributed by atoms with Crippen molar-refractivity contribution in [3.63, 3.8) is 0 Å². The van der Waals surface area contributed by atoms with Gasteiger partial charge < -0.3 is 34.1 Å². The van der Waals surface area contributed by atoms with Gasteiger partial charge in [0.15, 0.2) is 13.4 Å². The standard InChI is InChI=1S/C46H59BN3O9S/c1-8-42(54)22-27-23-45(40(52)57-6,36-29(13-17-49(24-27)25-42)30-19-28(60)11-12-33(30)47-36)32-20-31-34(21-35(32)56-5)48(4)38-44(31)15-18-50-16-10-14-43(9-2,37(44)50)39(59-26(3)51)46(38,55)41(53)58-7/h10-12,14,19-21,27,32,35,37-39,54-55,60H,8-9,13,15-18,22-25H2,1-7H3/t27-,32?,35?,37+,38-,39-,42+,43-,44-,45+,46+/m1/s1. The number of allylic oxidation sites excluding steroid dienone is 1. The monoisotopic (exact) mass is 840 g/mol. The summed E-state index contributed by atoms with van der Waals surface area (Å²) >= 11 is 4.76. The Morgan fingerprint density at radius 1 is 1.00 bits per heavy atom. The van der Waals surface area contributed by atoms with Gasteiger partial charge in [-0.3, -0.25) is 19.4 Å². The van der Waals surface area contributed by atoms with Crippen LogP contribution in [-0.4, -0.2) is 147 Å². The van der Waals surface area contributed by atoms with Gasteiger partial charge in [-0.1, -0.05) is 49.1 Å². The highest BCUT2D eigenvalue weighted by Crippen LogP contribution is 2.70. The largest absolute Gasteiger partial charge is 0.468 e. The van der Waals surface area contributed by atoms with Crippen LogP contribution >= 0.6 is 12.6 Å². The Balaban J connectivity index is 1.32. The lowest BCUT2D eigenvalue weighted by atomic mass is 9.46. The Morgan fingerprint density at radius 2 is 1.77 bits per heavy atom. The van der Waals surface area contributed by atoms with Crippen LogP contribution in [0, 0.1) is 28.1 Å². The fourth-order valence-electron chi connectivity index (χ4n) is 14.1. The number of methoxy groups -OCH3 is 3. The van der Waals surface area contributed by atoms with Crippen molar-refractivity contribution in [1.82, 2.24) is 14.7 Å². The highest BCUT2D eigenvalue weighted by molar-refractivity contribution is 7.80. The van der Waals surface area contributed by atoms with Gasteiger partial charge in [0, 0.05) is 80.6 Å². The van der Waals surface area contributed by atoms with Crippen molar-refractivity contribution in [2.45, 2.75) is 99.7 Å². The molecule has 1 spiro atoms. The summed E-state index contributed by atoms with van der Waals surface area (Å²) in [6.07, 6.45) is 9.79. The summed E-state index contributed by atoms with van der Waals surface area (Å²) in [7, 11) is 8.45. The van der Waals surface area contributed by atoms with E-state index in [0.717, 1.165) is 51.3 Å². The Labute approximate surface area is 359 Å². The molecule has 60 heavy (non-hydrogen) atoms. The van der Waals surface area contributed by atoms with Crippen LogP contribution in [0.4, 0.5) is 0 Å². The molecule has 6 heterocycles. The number of thiol groups is 1. The quantitative estimate of drug-likeness (QED) is 0.122. The topological polar surface area (TPSA) is 138 Å². The molecule has 8 aliphatic rings. The maximum absolute atomic E-state index is 15.4. The fourth-order valence-corrected chi connectivity index (χ4v) is 14.3. The minimum atomic E-state index is -2.29. The summed E-state index contributed by atoms with van der Waals surface area (Å²) in [6, 6.07) is 4.95. The van der Waals surface area contributed by atoms with E-state index in [-0.39, 0.29) is 17.9 Å². The molecule has 3 unspecified atom stereocenters. The zero-order chi connectivity index (χ0) is 42.7. The Hall–Kier alpha value is -3.40. The number of benzene rings is 1. The number of aliphatic hydroxyl groups is 2. The third-order valence-corrected chi connectivity index (χ3v) is 16.5. The van der Waals surface area contributed by atoms with Crippen LogP contribution in [0.1, 0.15) is 64.9 Å². The van der Waals surface area contributed by atoms with E-state index in [4.69, 9.17) is 31.6 Å². The zero-order valence-corrected chi connectivity index (χ0v) is 36.8. The van der Waals surface area contributed by atoms with Gasteiger partial charge in [-0.2, -0.15) is 0 Å². The maximum atomic E-state index is 15.4. The smallest absolute Gasteiger partial charge is 0.344 e. The predicted molar refractivity (Wildman–Crippen MR) is 228 cm³/mol. The fraction of sp³-hybridized carbons (Fsp3) is 0.630. The molecule has 321 valence electrons. The molecule has 2 bridgehead atoms. The lowest BCUT2D eigenvalue weighted by molar-refractivity contribution is -0.243. The van der Waals surface area contributed by atoms with Crippen LogP contribution in [0.25, 0.3) is 5.57 Å². The van der Waals surface area contributed by atoms with Crippen LogP contribution in [0.15, 0.2) is 64.1 Å². The Morgan fingerprint density at radius 3 is 2.45 bits per heavy atom. The highest BCUT2D eigenvalue weighted by atomic mass is 32.1. The molecule has 9 rings (SSSR count). The van der Waals surface area contributed by atoms with E-state index in [1.165, 1.54) is 21.1 Å². The number of ether oxygens (including phenoxy) is 4. The molecular weight excluding hydrogens is 781 g/mol. The molecular formula is C46H59BN3O9S. The first-order valence-corrected chi connectivity index (χ1v) is 22.1. The minimum absolute atomic E-state index is 0.0626. The number of likely N-dealkylation sites (tertiary alicyclic amines) is 1. The van der Waals surface area contributed by atoms with Crippen molar-refractivity contribution in [3.8, 4) is 0 Å². The molecule has 1 radical (unpaired) electrons. The summed E-state index contributed by atoms with van der Waals surface area (Å²) < 4.78 is 24.2.